The highest BCUT2D eigenvalue weighted by Gasteiger charge is 2.44. The predicted molar refractivity (Wildman–Crippen MR) is 92.0 cm³/mol. The summed E-state index contributed by atoms with van der Waals surface area (Å²) in [6.07, 6.45) is -0.233. The second kappa shape index (κ2) is 6.83. The van der Waals surface area contributed by atoms with Gasteiger partial charge in [0.05, 0.1) is 18.2 Å². The molecule has 3 nitrogen and oxygen atoms in total. The number of hydrogen-bond donors (Lipinski definition) is 1. The molecule has 1 heterocycles. The molecule has 0 aromatic heterocycles. The van der Waals surface area contributed by atoms with Crippen LogP contribution in [-0.4, -0.2) is 18.4 Å². The third kappa shape index (κ3) is 3.47. The van der Waals surface area contributed by atoms with Gasteiger partial charge in [0.2, 0.25) is 0 Å². The first kappa shape index (κ1) is 16.2. The van der Waals surface area contributed by atoms with E-state index in [0.29, 0.717) is 6.61 Å². The normalized spacial score (nSPS) is 31.0. The molecule has 0 saturated carbocycles. The summed E-state index contributed by atoms with van der Waals surface area (Å²) < 4.78 is 12.4. The van der Waals surface area contributed by atoms with E-state index < -0.39 is 0 Å². The van der Waals surface area contributed by atoms with E-state index in [0.717, 1.165) is 5.56 Å². The average molecular weight is 311 g/mol. The van der Waals surface area contributed by atoms with E-state index in [1.54, 1.807) is 0 Å². The van der Waals surface area contributed by atoms with Crippen LogP contribution in [0.15, 0.2) is 60.7 Å². The van der Waals surface area contributed by atoms with E-state index >= 15 is 0 Å². The van der Waals surface area contributed by atoms with Gasteiger partial charge in [0.1, 0.15) is 0 Å². The molecular formula is C20H25NO2. The third-order valence-corrected chi connectivity index (χ3v) is 4.66. The molecule has 3 rings (SSSR count). The van der Waals surface area contributed by atoms with Crippen molar-refractivity contribution >= 4 is 0 Å². The standard InChI is InChI=1S/C20H25NO2/c1-15-16(2)23-19(22-14-17-10-6-4-7-11-17)20(3,21-15)18-12-8-5-9-13-18/h4-13,15-16,19,21H,14H2,1-3H3/t15?,16?,19-,20-/m0/s1. The Labute approximate surface area is 138 Å². The average Bonchev–Trinajstić information content (AvgIpc) is 2.59. The van der Waals surface area contributed by atoms with E-state index in [1.165, 1.54) is 5.56 Å². The van der Waals surface area contributed by atoms with Crippen LogP contribution < -0.4 is 5.32 Å². The number of hydrogen-bond acceptors (Lipinski definition) is 3. The van der Waals surface area contributed by atoms with Crippen LogP contribution in [0.4, 0.5) is 0 Å². The highest BCUT2D eigenvalue weighted by atomic mass is 16.7. The number of benzene rings is 2. The number of ether oxygens (including phenoxy) is 2. The Kier molecular flexibility index (Phi) is 4.81. The van der Waals surface area contributed by atoms with Gasteiger partial charge in [-0.05, 0) is 31.9 Å². The topological polar surface area (TPSA) is 30.5 Å². The smallest absolute Gasteiger partial charge is 0.180 e. The molecule has 1 saturated heterocycles. The van der Waals surface area contributed by atoms with Crippen molar-refractivity contribution in [3.63, 3.8) is 0 Å². The van der Waals surface area contributed by atoms with Gasteiger partial charge in [-0.1, -0.05) is 60.7 Å². The van der Waals surface area contributed by atoms with E-state index in [9.17, 15) is 0 Å². The number of morpholine rings is 1. The van der Waals surface area contributed by atoms with Gasteiger partial charge >= 0.3 is 0 Å². The lowest BCUT2D eigenvalue weighted by Gasteiger charge is -2.47. The summed E-state index contributed by atoms with van der Waals surface area (Å²) in [5, 5.41) is 3.70. The third-order valence-electron chi connectivity index (χ3n) is 4.66. The number of nitrogens with one attached hydrogen (secondary N) is 1. The van der Waals surface area contributed by atoms with Crippen molar-refractivity contribution in [3.8, 4) is 0 Å². The van der Waals surface area contributed by atoms with E-state index in [-0.39, 0.29) is 24.0 Å². The van der Waals surface area contributed by atoms with Crippen LogP contribution in [0.2, 0.25) is 0 Å². The van der Waals surface area contributed by atoms with Crippen LogP contribution in [0, 0.1) is 0 Å². The first-order valence-electron chi connectivity index (χ1n) is 8.24. The van der Waals surface area contributed by atoms with Gasteiger partial charge in [0.15, 0.2) is 6.29 Å². The van der Waals surface area contributed by atoms with Gasteiger partial charge in [0, 0.05) is 6.04 Å². The summed E-state index contributed by atoms with van der Waals surface area (Å²) in [7, 11) is 0. The van der Waals surface area contributed by atoms with Crippen molar-refractivity contribution in [2.75, 3.05) is 0 Å². The minimum atomic E-state index is -0.373. The van der Waals surface area contributed by atoms with Crippen molar-refractivity contribution < 1.29 is 9.47 Å². The SMILES string of the molecule is CC1N[C@@](C)(c2ccccc2)[C@@H](OCc2ccccc2)OC1C. The van der Waals surface area contributed by atoms with Gasteiger partial charge in [-0.25, -0.2) is 0 Å². The first-order chi connectivity index (χ1) is 11.1. The Hall–Kier alpha value is -1.68. The van der Waals surface area contributed by atoms with Crippen molar-refractivity contribution in [1.82, 2.24) is 5.32 Å². The van der Waals surface area contributed by atoms with Crippen LogP contribution >= 0.6 is 0 Å². The molecular weight excluding hydrogens is 286 g/mol. The van der Waals surface area contributed by atoms with Crippen LogP contribution in [0.25, 0.3) is 0 Å². The Morgan fingerprint density at radius 1 is 1.00 bits per heavy atom. The first-order valence-corrected chi connectivity index (χ1v) is 8.24. The molecule has 2 unspecified atom stereocenters. The fraction of sp³-hybridized carbons (Fsp3) is 0.400. The summed E-state index contributed by atoms with van der Waals surface area (Å²) >= 11 is 0. The van der Waals surface area contributed by atoms with Crippen LogP contribution in [0.1, 0.15) is 31.9 Å². The molecule has 4 atom stereocenters. The zero-order valence-electron chi connectivity index (χ0n) is 14.0. The molecule has 2 aromatic rings. The summed E-state index contributed by atoms with van der Waals surface area (Å²) in [6, 6.07) is 20.9. The molecule has 0 radical (unpaired) electrons. The van der Waals surface area contributed by atoms with Crippen molar-refractivity contribution in [3.05, 3.63) is 71.8 Å². The molecule has 1 fully saturated rings. The molecule has 1 N–H and O–H groups in total. The van der Waals surface area contributed by atoms with Crippen molar-refractivity contribution in [2.45, 2.75) is 51.4 Å². The highest BCUT2D eigenvalue weighted by Crippen LogP contribution is 2.33. The van der Waals surface area contributed by atoms with Gasteiger partial charge in [-0.3, -0.25) is 5.32 Å². The Morgan fingerprint density at radius 3 is 2.26 bits per heavy atom. The van der Waals surface area contributed by atoms with Crippen molar-refractivity contribution in [2.24, 2.45) is 0 Å². The summed E-state index contributed by atoms with van der Waals surface area (Å²) in [6.45, 7) is 6.93. The lowest BCUT2D eigenvalue weighted by Crippen LogP contribution is -2.63. The fourth-order valence-electron chi connectivity index (χ4n) is 3.06. The predicted octanol–water partition coefficient (Wildman–Crippen LogP) is 3.84. The zero-order valence-corrected chi connectivity index (χ0v) is 14.0. The molecule has 1 aliphatic heterocycles. The van der Waals surface area contributed by atoms with Gasteiger partial charge < -0.3 is 9.47 Å². The van der Waals surface area contributed by atoms with Crippen molar-refractivity contribution in [1.29, 1.82) is 0 Å². The number of rotatable bonds is 4. The maximum Gasteiger partial charge on any atom is 0.180 e. The summed E-state index contributed by atoms with van der Waals surface area (Å²) in [4.78, 5) is 0. The lowest BCUT2D eigenvalue weighted by molar-refractivity contribution is -0.244. The van der Waals surface area contributed by atoms with Crippen LogP contribution in [0.3, 0.4) is 0 Å². The molecule has 122 valence electrons. The maximum absolute atomic E-state index is 6.21. The molecule has 3 heteroatoms. The minimum Gasteiger partial charge on any atom is -0.346 e. The quantitative estimate of drug-likeness (QED) is 0.930. The zero-order chi connectivity index (χ0) is 16.3. The monoisotopic (exact) mass is 311 g/mol. The second-order valence-electron chi connectivity index (χ2n) is 6.47. The lowest BCUT2D eigenvalue weighted by atomic mass is 9.88. The maximum atomic E-state index is 6.21. The van der Waals surface area contributed by atoms with E-state index in [2.05, 4.69) is 62.5 Å². The van der Waals surface area contributed by atoms with E-state index in [4.69, 9.17) is 9.47 Å². The van der Waals surface area contributed by atoms with Crippen LogP contribution in [-0.2, 0) is 21.6 Å². The molecule has 0 aliphatic carbocycles. The van der Waals surface area contributed by atoms with E-state index in [1.807, 2.05) is 24.3 Å². The van der Waals surface area contributed by atoms with Gasteiger partial charge in [-0.15, -0.1) is 0 Å². The Balaban J connectivity index is 1.82. The molecule has 2 aromatic carbocycles. The Bertz CT molecular complexity index is 616. The Morgan fingerprint density at radius 2 is 1.61 bits per heavy atom. The summed E-state index contributed by atoms with van der Waals surface area (Å²) in [5.74, 6) is 0. The highest BCUT2D eigenvalue weighted by molar-refractivity contribution is 5.26. The van der Waals surface area contributed by atoms with Gasteiger partial charge in [-0.2, -0.15) is 0 Å². The largest absolute Gasteiger partial charge is 0.346 e. The molecule has 0 bridgehead atoms. The van der Waals surface area contributed by atoms with Gasteiger partial charge in [0.25, 0.3) is 0 Å². The van der Waals surface area contributed by atoms with Crippen LogP contribution in [0.5, 0.6) is 0 Å². The summed E-state index contributed by atoms with van der Waals surface area (Å²) in [5.41, 5.74) is 1.96. The molecule has 1 aliphatic rings. The molecule has 0 amide bonds. The minimum absolute atomic E-state index is 0.104. The fourth-order valence-corrected chi connectivity index (χ4v) is 3.06. The second-order valence-corrected chi connectivity index (χ2v) is 6.47. The molecule has 23 heavy (non-hydrogen) atoms. The molecule has 0 spiro atoms.